The van der Waals surface area contributed by atoms with E-state index in [0.717, 1.165) is 0 Å². The Morgan fingerprint density at radius 1 is 1.29 bits per heavy atom. The second-order valence-electron chi connectivity index (χ2n) is 7.31. The highest BCUT2D eigenvalue weighted by molar-refractivity contribution is 5.59. The molecule has 7 nitrogen and oxygen atoms in total. The van der Waals surface area contributed by atoms with Crippen molar-refractivity contribution in [2.45, 2.75) is 24.7 Å². The molecule has 1 aromatic carbocycles. The molecule has 1 saturated heterocycles. The Hall–Kier alpha value is -3.17. The first-order valence-electron chi connectivity index (χ1n) is 9.95. The first kappa shape index (κ1) is 21.1. The monoisotopic (exact) mass is 428 g/mol. The number of halogens is 2. The number of hydrogen-bond donors (Lipinski definition) is 2. The lowest BCUT2D eigenvalue weighted by atomic mass is 10.1. The minimum absolute atomic E-state index is 0.0346. The number of benzene rings is 1. The van der Waals surface area contributed by atoms with Gasteiger partial charge in [0, 0.05) is 30.6 Å². The number of hydrogen-bond acceptors (Lipinski definition) is 6. The normalized spacial score (nSPS) is 19.7. The number of pyridine rings is 1. The van der Waals surface area contributed by atoms with Crippen LogP contribution in [0.2, 0.25) is 0 Å². The minimum atomic E-state index is -1.15. The third-order valence-electron chi connectivity index (χ3n) is 5.24. The Kier molecular flexibility index (Phi) is 6.34. The van der Waals surface area contributed by atoms with Gasteiger partial charge in [0.1, 0.15) is 12.0 Å². The Morgan fingerprint density at radius 3 is 2.90 bits per heavy atom. The first-order chi connectivity index (χ1) is 15.0. The zero-order valence-electron chi connectivity index (χ0n) is 16.6. The van der Waals surface area contributed by atoms with Crippen molar-refractivity contribution in [1.82, 2.24) is 14.5 Å². The van der Waals surface area contributed by atoms with E-state index in [9.17, 15) is 18.7 Å². The fourth-order valence-corrected chi connectivity index (χ4v) is 3.60. The van der Waals surface area contributed by atoms with E-state index in [4.69, 9.17) is 4.74 Å². The van der Waals surface area contributed by atoms with E-state index in [-0.39, 0.29) is 24.7 Å². The van der Waals surface area contributed by atoms with Crippen molar-refractivity contribution >= 4 is 5.95 Å². The molecule has 3 atom stereocenters. The highest BCUT2D eigenvalue weighted by atomic mass is 19.1. The summed E-state index contributed by atoms with van der Waals surface area (Å²) >= 11 is 0. The third kappa shape index (κ3) is 4.78. The van der Waals surface area contributed by atoms with Crippen LogP contribution in [0.15, 0.2) is 59.7 Å². The van der Waals surface area contributed by atoms with E-state index in [1.807, 2.05) is 0 Å². The van der Waals surface area contributed by atoms with Crippen LogP contribution < -0.4 is 10.9 Å². The topological polar surface area (TPSA) is 89.3 Å². The van der Waals surface area contributed by atoms with Crippen molar-refractivity contribution in [3.63, 3.8) is 0 Å². The molecule has 1 aliphatic heterocycles. The van der Waals surface area contributed by atoms with E-state index in [1.54, 1.807) is 18.2 Å². The van der Waals surface area contributed by atoms with Gasteiger partial charge in [-0.3, -0.25) is 4.79 Å². The van der Waals surface area contributed by atoms with Crippen LogP contribution in [0.1, 0.15) is 18.0 Å². The van der Waals surface area contributed by atoms with Gasteiger partial charge < -0.3 is 19.7 Å². The predicted molar refractivity (Wildman–Crippen MR) is 111 cm³/mol. The molecule has 1 fully saturated rings. The Morgan fingerprint density at radius 2 is 2.16 bits per heavy atom. The smallest absolute Gasteiger partial charge is 0.251 e. The van der Waals surface area contributed by atoms with E-state index >= 15 is 0 Å². The van der Waals surface area contributed by atoms with Crippen molar-refractivity contribution in [2.24, 2.45) is 0 Å². The average Bonchev–Trinajstić information content (AvgIpc) is 2.77. The van der Waals surface area contributed by atoms with Crippen LogP contribution in [0.5, 0.6) is 0 Å². The Balaban J connectivity index is 1.58. The maximum absolute atomic E-state index is 14.0. The summed E-state index contributed by atoms with van der Waals surface area (Å²) in [6.07, 6.45) is 2.43. The van der Waals surface area contributed by atoms with E-state index in [1.165, 1.54) is 41.2 Å². The summed E-state index contributed by atoms with van der Waals surface area (Å²) in [5.74, 6) is -0.175. The van der Waals surface area contributed by atoms with E-state index < -0.39 is 24.1 Å². The molecule has 0 spiro atoms. The molecule has 0 saturated carbocycles. The molecule has 2 aromatic heterocycles. The van der Waals surface area contributed by atoms with Gasteiger partial charge in [0.05, 0.1) is 31.0 Å². The lowest BCUT2D eigenvalue weighted by Gasteiger charge is -2.26. The van der Waals surface area contributed by atoms with Crippen LogP contribution in [0.3, 0.4) is 0 Å². The van der Waals surface area contributed by atoms with Gasteiger partial charge in [-0.15, -0.1) is 0 Å². The second-order valence-corrected chi connectivity index (χ2v) is 7.31. The molecule has 3 heterocycles. The van der Waals surface area contributed by atoms with Crippen molar-refractivity contribution in [2.75, 3.05) is 25.1 Å². The molecule has 1 aliphatic rings. The molecule has 0 bridgehead atoms. The molecule has 0 radical (unpaired) electrons. The van der Waals surface area contributed by atoms with Gasteiger partial charge in [0.15, 0.2) is 0 Å². The average molecular weight is 428 g/mol. The number of ether oxygens (including phenoxy) is 1. The lowest BCUT2D eigenvalue weighted by molar-refractivity contribution is 0.0284. The van der Waals surface area contributed by atoms with Crippen LogP contribution in [0.4, 0.5) is 14.7 Å². The molecule has 31 heavy (non-hydrogen) atoms. The first-order valence-corrected chi connectivity index (χ1v) is 9.95. The molecule has 0 amide bonds. The molecule has 0 aliphatic carbocycles. The van der Waals surface area contributed by atoms with Gasteiger partial charge in [-0.1, -0.05) is 12.1 Å². The minimum Gasteiger partial charge on any atom is -0.394 e. The maximum Gasteiger partial charge on any atom is 0.251 e. The molecule has 9 heteroatoms. The third-order valence-corrected chi connectivity index (χ3v) is 5.24. The highest BCUT2D eigenvalue weighted by Gasteiger charge is 2.26. The number of aliphatic hydroxyl groups excluding tert-OH is 1. The fraction of sp³-hybridized carbons (Fsp3) is 0.318. The summed E-state index contributed by atoms with van der Waals surface area (Å²) in [5, 5.41) is 12.8. The molecular weight excluding hydrogens is 406 g/mol. The van der Waals surface area contributed by atoms with Gasteiger partial charge in [-0.2, -0.15) is 0 Å². The summed E-state index contributed by atoms with van der Waals surface area (Å²) in [7, 11) is 0. The second kappa shape index (κ2) is 9.32. The van der Waals surface area contributed by atoms with Gasteiger partial charge in [0.2, 0.25) is 5.95 Å². The SMILES string of the molecule is O=c1cc(-c2ccnc(N[C@@H]3CCOC[C@H]3F)n2)ccn1[C@H](CO)c1cccc(F)c1. The number of aromatic nitrogens is 3. The molecule has 2 N–H and O–H groups in total. The van der Waals surface area contributed by atoms with Gasteiger partial charge in [0.25, 0.3) is 5.56 Å². The summed E-state index contributed by atoms with van der Waals surface area (Å²) in [6, 6.07) is 9.35. The van der Waals surface area contributed by atoms with Crippen molar-refractivity contribution in [1.29, 1.82) is 0 Å². The standard InChI is InChI=1S/C22H22F2N4O3/c23-16-3-1-2-15(10-16)20(12-29)28-8-5-14(11-21(28)30)18-4-7-25-22(26-18)27-19-6-9-31-13-17(19)24/h1-5,7-8,10-11,17,19-20,29H,6,9,12-13H2,(H,25,26,27)/t17-,19-,20-/m1/s1. The Labute approximate surface area is 177 Å². The van der Waals surface area contributed by atoms with Crippen LogP contribution in [-0.2, 0) is 4.74 Å². The molecule has 3 aromatic rings. The largest absolute Gasteiger partial charge is 0.394 e. The molecular formula is C22H22F2N4O3. The summed E-state index contributed by atoms with van der Waals surface area (Å²) in [4.78, 5) is 21.3. The zero-order chi connectivity index (χ0) is 21.8. The van der Waals surface area contributed by atoms with Crippen LogP contribution in [0.25, 0.3) is 11.3 Å². The van der Waals surface area contributed by atoms with E-state index in [0.29, 0.717) is 29.8 Å². The van der Waals surface area contributed by atoms with Crippen molar-refractivity contribution in [3.05, 3.63) is 76.6 Å². The van der Waals surface area contributed by atoms with E-state index in [2.05, 4.69) is 15.3 Å². The van der Waals surface area contributed by atoms with Crippen LogP contribution >= 0.6 is 0 Å². The highest BCUT2D eigenvalue weighted by Crippen LogP contribution is 2.21. The van der Waals surface area contributed by atoms with Crippen LogP contribution in [-0.4, -0.2) is 51.7 Å². The summed E-state index contributed by atoms with van der Waals surface area (Å²) < 4.78 is 34.0. The molecule has 0 unspecified atom stereocenters. The van der Waals surface area contributed by atoms with Gasteiger partial charge in [-0.25, -0.2) is 18.7 Å². The molecule has 162 valence electrons. The number of aliphatic hydroxyl groups is 1. The Bertz CT molecular complexity index is 1110. The van der Waals surface area contributed by atoms with Crippen molar-refractivity contribution in [3.8, 4) is 11.3 Å². The lowest BCUT2D eigenvalue weighted by Crippen LogP contribution is -2.39. The number of rotatable bonds is 6. The van der Waals surface area contributed by atoms with Crippen molar-refractivity contribution < 1.29 is 18.6 Å². The maximum atomic E-state index is 14.0. The zero-order valence-corrected chi connectivity index (χ0v) is 16.6. The summed E-state index contributed by atoms with van der Waals surface area (Å²) in [5.41, 5.74) is 1.16. The number of nitrogens with one attached hydrogen (secondary N) is 1. The molecule has 4 rings (SSSR count). The predicted octanol–water partition coefficient (Wildman–Crippen LogP) is 2.57. The van der Waals surface area contributed by atoms with Gasteiger partial charge >= 0.3 is 0 Å². The number of alkyl halides is 1. The van der Waals surface area contributed by atoms with Crippen LogP contribution in [0, 0.1) is 5.82 Å². The quantitative estimate of drug-likeness (QED) is 0.627. The fourth-order valence-electron chi connectivity index (χ4n) is 3.60. The number of nitrogens with zero attached hydrogens (tertiary/aromatic N) is 3. The number of anilines is 1. The summed E-state index contributed by atoms with van der Waals surface area (Å²) in [6.45, 7) is 0.139. The van der Waals surface area contributed by atoms with Gasteiger partial charge in [-0.05, 0) is 36.2 Å².